The molecule has 0 unspecified atom stereocenters. The molecular formula is C84H61N9. The van der Waals surface area contributed by atoms with Crippen molar-refractivity contribution in [3.8, 4) is 112 Å². The van der Waals surface area contributed by atoms with E-state index in [1.807, 2.05) is 87.8 Å². The van der Waals surface area contributed by atoms with Gasteiger partial charge in [0.25, 0.3) is 0 Å². The lowest BCUT2D eigenvalue weighted by molar-refractivity contribution is 1.06. The van der Waals surface area contributed by atoms with E-state index >= 15 is 0 Å². The number of benzene rings is 10. The SMILES string of the molecule is Cc1nc(-c2ccc(-c3cccc4ccccc34)cc2)cc(-c2cccnc2)n1.Cc1nc(-c2ccc(-c3ccccn3)cc2)cc(-c2ccc(-c3cccc4ccccc34)cc2)n1.Cc1nc(-c2ccncc2)cc(-c2ccc(-c3cccc4ccccc34)cc2)n1. The number of aromatic nitrogens is 9. The van der Waals surface area contributed by atoms with Crippen LogP contribution >= 0.6 is 0 Å². The van der Waals surface area contributed by atoms with Crippen LogP contribution in [0.4, 0.5) is 0 Å². The molecule has 16 rings (SSSR count). The Bertz CT molecular complexity index is 5040. The van der Waals surface area contributed by atoms with Crippen molar-refractivity contribution in [3.05, 3.63) is 334 Å². The maximum absolute atomic E-state index is 4.73. The van der Waals surface area contributed by atoms with Crippen LogP contribution in [0, 0.1) is 20.8 Å². The monoisotopic (exact) mass is 1200 g/mol. The third kappa shape index (κ3) is 13.2. The van der Waals surface area contributed by atoms with Gasteiger partial charge in [0.05, 0.1) is 39.9 Å². The minimum atomic E-state index is 0.750. The summed E-state index contributed by atoms with van der Waals surface area (Å²) in [5, 5.41) is 7.54. The molecule has 0 amide bonds. The smallest absolute Gasteiger partial charge is 0.126 e. The van der Waals surface area contributed by atoms with Crippen molar-refractivity contribution in [2.24, 2.45) is 0 Å². The molecule has 0 radical (unpaired) electrons. The number of aryl methyl sites for hydroxylation is 3. The molecule has 9 heteroatoms. The fourth-order valence-electron chi connectivity index (χ4n) is 11.9. The molecule has 0 spiro atoms. The average Bonchev–Trinajstić information content (AvgIpc) is 1.17. The van der Waals surface area contributed by atoms with Gasteiger partial charge in [-0.2, -0.15) is 0 Å². The molecule has 0 N–H and O–H groups in total. The summed E-state index contributed by atoms with van der Waals surface area (Å²) in [6.45, 7) is 5.80. The summed E-state index contributed by atoms with van der Waals surface area (Å²) in [4.78, 5) is 40.6. The Kier molecular flexibility index (Phi) is 16.8. The van der Waals surface area contributed by atoms with E-state index in [9.17, 15) is 0 Å². The minimum Gasteiger partial charge on any atom is -0.265 e. The third-order valence-corrected chi connectivity index (χ3v) is 16.4. The molecular weight excluding hydrogens is 1130 g/mol. The number of nitrogens with zero attached hydrogens (tertiary/aromatic N) is 9. The Labute approximate surface area is 540 Å². The first-order valence-corrected chi connectivity index (χ1v) is 31.0. The van der Waals surface area contributed by atoms with Crippen LogP contribution in [0.3, 0.4) is 0 Å². The van der Waals surface area contributed by atoms with E-state index in [1.54, 1.807) is 18.6 Å². The Morgan fingerprint density at radius 2 is 0.516 bits per heavy atom. The Hall–Kier alpha value is -12.3. The lowest BCUT2D eigenvalue weighted by Crippen LogP contribution is -1.95. The minimum absolute atomic E-state index is 0.750. The summed E-state index contributed by atoms with van der Waals surface area (Å²) in [5.74, 6) is 2.26. The highest BCUT2D eigenvalue weighted by atomic mass is 14.9. The number of fused-ring (bicyclic) bond motifs is 3. The molecule has 6 aromatic heterocycles. The molecule has 6 heterocycles. The Morgan fingerprint density at radius 3 is 0.860 bits per heavy atom. The maximum Gasteiger partial charge on any atom is 0.126 e. The number of hydrogen-bond acceptors (Lipinski definition) is 9. The highest BCUT2D eigenvalue weighted by Gasteiger charge is 2.14. The van der Waals surface area contributed by atoms with Crippen LogP contribution in [0.1, 0.15) is 17.5 Å². The second kappa shape index (κ2) is 26.8. The zero-order valence-electron chi connectivity index (χ0n) is 51.5. The summed E-state index contributed by atoms with van der Waals surface area (Å²) in [7, 11) is 0. The number of pyridine rings is 3. The highest BCUT2D eigenvalue weighted by Crippen LogP contribution is 2.35. The van der Waals surface area contributed by atoms with Crippen LogP contribution in [0.2, 0.25) is 0 Å². The molecule has 16 aromatic rings. The molecule has 0 saturated carbocycles. The first-order valence-electron chi connectivity index (χ1n) is 31.0. The van der Waals surface area contributed by atoms with Gasteiger partial charge in [-0.25, -0.2) is 29.9 Å². The van der Waals surface area contributed by atoms with Gasteiger partial charge in [-0.05, 0) is 141 Å². The van der Waals surface area contributed by atoms with Crippen molar-refractivity contribution in [1.29, 1.82) is 0 Å². The van der Waals surface area contributed by atoms with E-state index in [-0.39, 0.29) is 0 Å². The summed E-state index contributed by atoms with van der Waals surface area (Å²) in [5.41, 5.74) is 21.2. The predicted octanol–water partition coefficient (Wildman–Crippen LogP) is 20.7. The van der Waals surface area contributed by atoms with Crippen LogP contribution in [-0.2, 0) is 0 Å². The molecule has 0 saturated heterocycles. The van der Waals surface area contributed by atoms with Crippen molar-refractivity contribution in [1.82, 2.24) is 44.9 Å². The molecule has 0 aliphatic heterocycles. The van der Waals surface area contributed by atoms with E-state index in [4.69, 9.17) is 9.97 Å². The molecule has 0 aliphatic carbocycles. The van der Waals surface area contributed by atoms with E-state index in [1.165, 1.54) is 65.7 Å². The van der Waals surface area contributed by atoms with E-state index in [0.29, 0.717) is 0 Å². The van der Waals surface area contributed by atoms with Gasteiger partial charge in [0.15, 0.2) is 0 Å². The topological polar surface area (TPSA) is 116 Å². The molecule has 442 valence electrons. The van der Waals surface area contributed by atoms with Crippen LogP contribution < -0.4 is 0 Å². The molecule has 10 aromatic carbocycles. The first-order chi connectivity index (χ1) is 45.8. The largest absolute Gasteiger partial charge is 0.265 e. The van der Waals surface area contributed by atoms with Crippen LogP contribution in [0.5, 0.6) is 0 Å². The summed E-state index contributed by atoms with van der Waals surface area (Å²) < 4.78 is 0. The standard InChI is InChI=1S/C32H23N3.2C26H19N3/c1-22-34-31(21-32(35-22)27-18-16-25(17-19-27)30-11-4-5-20-33-30)26-14-12-24(13-15-26)29-10-6-8-23-7-2-3-9-28(23)29;1-18-28-25(16-26(29-18)22-8-5-15-27-17-22)21-13-11-20(12-14-21)24-10-4-7-19-6-2-3-9-23(19)24;1-18-28-25(17-26(29-18)22-13-15-27-16-14-22)21-11-9-20(10-12-21)24-8-4-6-19-5-2-3-7-23(19)24/h2-21H,1H3;2*2-17H,1H3. The molecule has 0 fully saturated rings. The fraction of sp³-hybridized carbons (Fsp3) is 0.0357. The fourth-order valence-corrected chi connectivity index (χ4v) is 11.9. The molecule has 0 bridgehead atoms. The molecule has 93 heavy (non-hydrogen) atoms. The highest BCUT2D eigenvalue weighted by molar-refractivity contribution is 5.99. The van der Waals surface area contributed by atoms with Crippen LogP contribution in [0.25, 0.3) is 144 Å². The predicted molar refractivity (Wildman–Crippen MR) is 381 cm³/mol. The quantitative estimate of drug-likeness (QED) is 0.132. The normalized spacial score (nSPS) is 11.0. The average molecular weight is 1200 g/mol. The molecule has 9 nitrogen and oxygen atoms in total. The van der Waals surface area contributed by atoms with Gasteiger partial charge < -0.3 is 0 Å². The summed E-state index contributed by atoms with van der Waals surface area (Å²) in [6.07, 6.45) is 8.98. The van der Waals surface area contributed by atoms with Gasteiger partial charge in [-0.3, -0.25) is 15.0 Å². The Balaban J connectivity index is 0.000000122. The lowest BCUT2D eigenvalue weighted by Gasteiger charge is -2.10. The van der Waals surface area contributed by atoms with Gasteiger partial charge in [0, 0.05) is 69.9 Å². The number of hydrogen-bond donors (Lipinski definition) is 0. The van der Waals surface area contributed by atoms with Crippen LogP contribution in [-0.4, -0.2) is 44.9 Å². The maximum atomic E-state index is 4.73. The zero-order chi connectivity index (χ0) is 62.9. The lowest BCUT2D eigenvalue weighted by atomic mass is 9.97. The van der Waals surface area contributed by atoms with Gasteiger partial charge in [0.2, 0.25) is 0 Å². The third-order valence-electron chi connectivity index (χ3n) is 16.4. The van der Waals surface area contributed by atoms with E-state index in [2.05, 4.69) is 265 Å². The van der Waals surface area contributed by atoms with Gasteiger partial charge in [0.1, 0.15) is 17.5 Å². The zero-order valence-corrected chi connectivity index (χ0v) is 51.5. The summed E-state index contributed by atoms with van der Waals surface area (Å²) >= 11 is 0. The molecule has 0 atom stereocenters. The summed E-state index contributed by atoms with van der Waals surface area (Å²) in [6, 6.07) is 99.0. The Morgan fingerprint density at radius 1 is 0.204 bits per heavy atom. The number of rotatable bonds is 10. The van der Waals surface area contributed by atoms with Crippen molar-refractivity contribution in [2.75, 3.05) is 0 Å². The first kappa shape index (κ1) is 58.4. The van der Waals surface area contributed by atoms with Crippen molar-refractivity contribution < 1.29 is 0 Å². The van der Waals surface area contributed by atoms with E-state index < -0.39 is 0 Å². The second-order valence-corrected chi connectivity index (χ2v) is 22.6. The van der Waals surface area contributed by atoms with Crippen molar-refractivity contribution >= 4 is 32.3 Å². The van der Waals surface area contributed by atoms with E-state index in [0.717, 1.165) is 96.3 Å². The van der Waals surface area contributed by atoms with Crippen molar-refractivity contribution in [2.45, 2.75) is 20.8 Å². The van der Waals surface area contributed by atoms with Gasteiger partial charge in [-0.1, -0.05) is 231 Å². The second-order valence-electron chi connectivity index (χ2n) is 22.6. The van der Waals surface area contributed by atoms with Crippen molar-refractivity contribution in [3.63, 3.8) is 0 Å². The molecule has 0 aliphatic rings. The van der Waals surface area contributed by atoms with Crippen LogP contribution in [0.15, 0.2) is 316 Å². The van der Waals surface area contributed by atoms with Gasteiger partial charge >= 0.3 is 0 Å². The van der Waals surface area contributed by atoms with Gasteiger partial charge in [-0.15, -0.1) is 0 Å².